The first kappa shape index (κ1) is 19.5. The molecule has 0 aliphatic heterocycles. The van der Waals surface area contributed by atoms with E-state index in [4.69, 9.17) is 4.74 Å². The Kier molecular flexibility index (Phi) is 6.53. The Hall–Kier alpha value is -2.31. The number of benzene rings is 2. The molecule has 1 amide bonds. The SMILES string of the molecule is COc1ccc(-c2nc(NC(=O)CCSc3ccc(C)cc3)sc2C)cc1. The van der Waals surface area contributed by atoms with Crippen molar-refractivity contribution >= 4 is 34.1 Å². The average molecular weight is 399 g/mol. The van der Waals surface area contributed by atoms with Crippen LogP contribution in [-0.2, 0) is 4.79 Å². The summed E-state index contributed by atoms with van der Waals surface area (Å²) in [5.41, 5.74) is 3.15. The molecule has 0 saturated carbocycles. The first-order valence-corrected chi connectivity index (χ1v) is 10.5. The van der Waals surface area contributed by atoms with Crippen LogP contribution >= 0.6 is 23.1 Å². The number of methoxy groups -OCH3 is 1. The van der Waals surface area contributed by atoms with Crippen LogP contribution in [0.4, 0.5) is 5.13 Å². The zero-order valence-corrected chi connectivity index (χ0v) is 17.2. The molecule has 0 fully saturated rings. The van der Waals surface area contributed by atoms with Crippen molar-refractivity contribution in [2.45, 2.75) is 25.2 Å². The molecule has 0 aliphatic carbocycles. The number of thioether (sulfide) groups is 1. The Labute approximate surface area is 168 Å². The first-order chi connectivity index (χ1) is 13.0. The molecule has 0 atom stereocenters. The van der Waals surface area contributed by atoms with Gasteiger partial charge in [0.1, 0.15) is 5.75 Å². The molecule has 0 unspecified atom stereocenters. The number of anilines is 1. The van der Waals surface area contributed by atoms with Crippen molar-refractivity contribution in [3.63, 3.8) is 0 Å². The van der Waals surface area contributed by atoms with Crippen molar-refractivity contribution in [2.75, 3.05) is 18.2 Å². The van der Waals surface area contributed by atoms with E-state index in [1.54, 1.807) is 18.9 Å². The van der Waals surface area contributed by atoms with E-state index in [9.17, 15) is 4.79 Å². The maximum Gasteiger partial charge on any atom is 0.226 e. The number of aryl methyl sites for hydroxylation is 2. The molecule has 1 aromatic heterocycles. The lowest BCUT2D eigenvalue weighted by Gasteiger charge is -2.03. The number of rotatable bonds is 7. The Morgan fingerprint density at radius 1 is 1.11 bits per heavy atom. The van der Waals surface area contributed by atoms with Gasteiger partial charge < -0.3 is 10.1 Å². The Morgan fingerprint density at radius 2 is 1.81 bits per heavy atom. The zero-order valence-electron chi connectivity index (χ0n) is 15.6. The molecule has 27 heavy (non-hydrogen) atoms. The molecule has 2 aromatic carbocycles. The summed E-state index contributed by atoms with van der Waals surface area (Å²) in [6.07, 6.45) is 0.453. The topological polar surface area (TPSA) is 51.2 Å². The van der Waals surface area contributed by atoms with Crippen molar-refractivity contribution in [3.05, 3.63) is 59.0 Å². The van der Waals surface area contributed by atoms with Crippen LogP contribution in [-0.4, -0.2) is 23.8 Å². The van der Waals surface area contributed by atoms with E-state index in [1.165, 1.54) is 21.8 Å². The summed E-state index contributed by atoms with van der Waals surface area (Å²) in [7, 11) is 1.65. The van der Waals surface area contributed by atoms with Crippen molar-refractivity contribution in [1.29, 1.82) is 0 Å². The highest BCUT2D eigenvalue weighted by Gasteiger charge is 2.12. The molecule has 0 aliphatic rings. The van der Waals surface area contributed by atoms with Crippen LogP contribution in [0.1, 0.15) is 16.9 Å². The average Bonchev–Trinajstić information content (AvgIpc) is 3.03. The molecule has 0 bridgehead atoms. The van der Waals surface area contributed by atoms with E-state index in [2.05, 4.69) is 41.5 Å². The highest BCUT2D eigenvalue weighted by molar-refractivity contribution is 7.99. The van der Waals surface area contributed by atoms with Gasteiger partial charge in [-0.3, -0.25) is 4.79 Å². The van der Waals surface area contributed by atoms with Crippen molar-refractivity contribution in [1.82, 2.24) is 4.98 Å². The molecule has 0 saturated heterocycles. The van der Waals surface area contributed by atoms with Crippen molar-refractivity contribution in [3.8, 4) is 17.0 Å². The molecule has 1 N–H and O–H groups in total. The van der Waals surface area contributed by atoms with Gasteiger partial charge in [-0.15, -0.1) is 23.1 Å². The van der Waals surface area contributed by atoms with Gasteiger partial charge >= 0.3 is 0 Å². The van der Waals surface area contributed by atoms with Gasteiger partial charge in [-0.05, 0) is 50.2 Å². The normalized spacial score (nSPS) is 10.6. The highest BCUT2D eigenvalue weighted by Crippen LogP contribution is 2.31. The lowest BCUT2D eigenvalue weighted by Crippen LogP contribution is -2.11. The number of carbonyl (C=O) groups excluding carboxylic acids is 1. The monoisotopic (exact) mass is 398 g/mol. The molecular formula is C21H22N2O2S2. The summed E-state index contributed by atoms with van der Waals surface area (Å²) in [6, 6.07) is 16.1. The maximum absolute atomic E-state index is 12.2. The molecule has 4 nitrogen and oxygen atoms in total. The summed E-state index contributed by atoms with van der Waals surface area (Å²) in [5, 5.41) is 3.56. The second-order valence-corrected chi connectivity index (χ2v) is 8.48. The van der Waals surface area contributed by atoms with Crippen LogP contribution in [0.5, 0.6) is 5.75 Å². The molecule has 140 valence electrons. The van der Waals surface area contributed by atoms with Gasteiger partial charge in [-0.2, -0.15) is 0 Å². The first-order valence-electron chi connectivity index (χ1n) is 8.66. The predicted molar refractivity (Wildman–Crippen MR) is 114 cm³/mol. The molecule has 1 heterocycles. The summed E-state index contributed by atoms with van der Waals surface area (Å²) in [4.78, 5) is 19.1. The number of thiazole rings is 1. The minimum Gasteiger partial charge on any atom is -0.497 e. The minimum atomic E-state index is -0.00959. The van der Waals surface area contributed by atoms with Gasteiger partial charge in [0, 0.05) is 27.5 Å². The van der Waals surface area contributed by atoms with Gasteiger partial charge in [-0.25, -0.2) is 4.98 Å². The van der Waals surface area contributed by atoms with Crippen molar-refractivity contribution in [2.24, 2.45) is 0 Å². The number of hydrogen-bond donors (Lipinski definition) is 1. The largest absolute Gasteiger partial charge is 0.497 e. The maximum atomic E-state index is 12.2. The lowest BCUT2D eigenvalue weighted by atomic mass is 10.1. The zero-order chi connectivity index (χ0) is 19.2. The van der Waals surface area contributed by atoms with Gasteiger partial charge in [-0.1, -0.05) is 17.7 Å². The third-order valence-electron chi connectivity index (χ3n) is 4.03. The van der Waals surface area contributed by atoms with Gasteiger partial charge in [0.2, 0.25) is 5.91 Å². The fraction of sp³-hybridized carbons (Fsp3) is 0.238. The lowest BCUT2D eigenvalue weighted by molar-refractivity contribution is -0.115. The van der Waals surface area contributed by atoms with Gasteiger partial charge in [0.05, 0.1) is 12.8 Å². The fourth-order valence-corrected chi connectivity index (χ4v) is 4.25. The van der Waals surface area contributed by atoms with E-state index < -0.39 is 0 Å². The number of nitrogens with one attached hydrogen (secondary N) is 1. The standard InChI is InChI=1S/C21H22N2O2S2/c1-14-4-10-18(11-5-14)26-13-12-19(24)22-21-23-20(15(2)27-21)16-6-8-17(25-3)9-7-16/h4-11H,12-13H2,1-3H3,(H,22,23,24). The molecule has 0 radical (unpaired) electrons. The van der Waals surface area contributed by atoms with Crippen LogP contribution in [0, 0.1) is 13.8 Å². The van der Waals surface area contributed by atoms with Gasteiger partial charge in [0.15, 0.2) is 5.13 Å². The summed E-state index contributed by atoms with van der Waals surface area (Å²) in [6.45, 7) is 4.08. The molecule has 0 spiro atoms. The number of carbonyl (C=O) groups is 1. The Bertz CT molecular complexity index is 903. The second-order valence-electron chi connectivity index (χ2n) is 6.11. The van der Waals surface area contributed by atoms with Crippen LogP contribution in [0.25, 0.3) is 11.3 Å². The van der Waals surface area contributed by atoms with Crippen LogP contribution in [0.3, 0.4) is 0 Å². The molecule has 3 aromatic rings. The van der Waals surface area contributed by atoms with Crippen LogP contribution < -0.4 is 10.1 Å². The highest BCUT2D eigenvalue weighted by atomic mass is 32.2. The van der Waals surface area contributed by atoms with E-state index in [-0.39, 0.29) is 5.91 Å². The molecule has 3 rings (SSSR count). The predicted octanol–water partition coefficient (Wildman–Crippen LogP) is 5.56. The number of amides is 1. The van der Waals surface area contributed by atoms with E-state index >= 15 is 0 Å². The van der Waals surface area contributed by atoms with E-state index in [0.29, 0.717) is 11.6 Å². The third-order valence-corrected chi connectivity index (χ3v) is 5.93. The Morgan fingerprint density at radius 3 is 2.48 bits per heavy atom. The smallest absolute Gasteiger partial charge is 0.226 e. The van der Waals surface area contributed by atoms with Crippen LogP contribution in [0.15, 0.2) is 53.4 Å². The number of nitrogens with zero attached hydrogens (tertiary/aromatic N) is 1. The second kappa shape index (κ2) is 9.06. The quantitative estimate of drug-likeness (QED) is 0.530. The van der Waals surface area contributed by atoms with Gasteiger partial charge in [0.25, 0.3) is 0 Å². The number of ether oxygens (including phenoxy) is 1. The van der Waals surface area contributed by atoms with Crippen LogP contribution in [0.2, 0.25) is 0 Å². The Balaban J connectivity index is 1.55. The fourth-order valence-electron chi connectivity index (χ4n) is 2.54. The minimum absolute atomic E-state index is 0.00959. The number of aromatic nitrogens is 1. The summed E-state index contributed by atoms with van der Waals surface area (Å²) < 4.78 is 5.19. The third kappa shape index (κ3) is 5.34. The summed E-state index contributed by atoms with van der Waals surface area (Å²) in [5.74, 6) is 1.54. The molecular weight excluding hydrogens is 376 g/mol. The number of hydrogen-bond acceptors (Lipinski definition) is 5. The van der Waals surface area contributed by atoms with E-state index in [0.717, 1.165) is 27.6 Å². The van der Waals surface area contributed by atoms with E-state index in [1.807, 2.05) is 31.2 Å². The summed E-state index contributed by atoms with van der Waals surface area (Å²) >= 11 is 3.18. The molecule has 6 heteroatoms. The van der Waals surface area contributed by atoms with Crippen molar-refractivity contribution < 1.29 is 9.53 Å².